The van der Waals surface area contributed by atoms with Gasteiger partial charge in [-0.1, -0.05) is 30.3 Å². The Labute approximate surface area is 123 Å². The lowest BCUT2D eigenvalue weighted by Gasteiger charge is -2.23. The second-order valence-corrected chi connectivity index (χ2v) is 6.19. The first-order chi connectivity index (χ1) is 9.56. The molecule has 0 saturated carbocycles. The van der Waals surface area contributed by atoms with Crippen molar-refractivity contribution >= 4 is 17.3 Å². The Morgan fingerprint density at radius 2 is 1.90 bits per heavy atom. The summed E-state index contributed by atoms with van der Waals surface area (Å²) in [7, 11) is 0. The van der Waals surface area contributed by atoms with E-state index in [9.17, 15) is 4.79 Å². The first-order valence-corrected chi connectivity index (χ1v) is 7.48. The van der Waals surface area contributed by atoms with Crippen molar-refractivity contribution < 1.29 is 9.90 Å². The average Bonchev–Trinajstić information content (AvgIpc) is 2.87. The van der Waals surface area contributed by atoms with Crippen LogP contribution in [0, 0.1) is 0 Å². The Morgan fingerprint density at radius 1 is 1.20 bits per heavy atom. The standard InChI is InChI=1S/C16H19NO2S/c1-12(2)17(11-16(18)19)10-14-8-9-15(20-14)13-6-4-3-5-7-13/h3-9,12H,10-11H2,1-2H3,(H,18,19). The second-order valence-electron chi connectivity index (χ2n) is 5.02. The van der Waals surface area contributed by atoms with Crippen molar-refractivity contribution in [2.45, 2.75) is 26.4 Å². The molecule has 1 heterocycles. The highest BCUT2D eigenvalue weighted by Gasteiger charge is 2.15. The van der Waals surface area contributed by atoms with Gasteiger partial charge in [0.2, 0.25) is 0 Å². The van der Waals surface area contributed by atoms with Crippen LogP contribution in [-0.4, -0.2) is 28.6 Å². The number of carboxylic acids is 1. The molecule has 3 nitrogen and oxygen atoms in total. The second kappa shape index (κ2) is 6.68. The molecule has 2 rings (SSSR count). The van der Waals surface area contributed by atoms with Gasteiger partial charge in [-0.2, -0.15) is 0 Å². The lowest BCUT2D eigenvalue weighted by Crippen LogP contribution is -2.34. The van der Waals surface area contributed by atoms with E-state index >= 15 is 0 Å². The van der Waals surface area contributed by atoms with E-state index in [1.807, 2.05) is 36.9 Å². The minimum Gasteiger partial charge on any atom is -0.480 e. The third-order valence-corrected chi connectivity index (χ3v) is 4.27. The van der Waals surface area contributed by atoms with E-state index in [-0.39, 0.29) is 12.6 Å². The van der Waals surface area contributed by atoms with Crippen LogP contribution in [0.3, 0.4) is 0 Å². The SMILES string of the molecule is CC(C)N(CC(=O)O)Cc1ccc(-c2ccccc2)s1. The summed E-state index contributed by atoms with van der Waals surface area (Å²) in [6, 6.07) is 14.7. The number of carboxylic acid groups (broad SMARTS) is 1. The third-order valence-electron chi connectivity index (χ3n) is 3.15. The van der Waals surface area contributed by atoms with Crippen LogP contribution < -0.4 is 0 Å². The third kappa shape index (κ3) is 3.92. The molecule has 0 radical (unpaired) electrons. The molecule has 1 aromatic heterocycles. The molecular formula is C16H19NO2S. The topological polar surface area (TPSA) is 40.5 Å². The Bertz CT molecular complexity index is 563. The molecule has 4 heteroatoms. The van der Waals surface area contributed by atoms with E-state index in [4.69, 9.17) is 5.11 Å². The van der Waals surface area contributed by atoms with Crippen molar-refractivity contribution in [2.24, 2.45) is 0 Å². The average molecular weight is 289 g/mol. The molecule has 0 aliphatic carbocycles. The number of aliphatic carboxylic acids is 1. The minimum atomic E-state index is -0.779. The van der Waals surface area contributed by atoms with E-state index in [2.05, 4.69) is 24.3 Å². The fourth-order valence-electron chi connectivity index (χ4n) is 2.02. The van der Waals surface area contributed by atoms with Crippen LogP contribution in [0.2, 0.25) is 0 Å². The molecule has 0 unspecified atom stereocenters. The van der Waals surface area contributed by atoms with E-state index in [1.165, 1.54) is 15.3 Å². The van der Waals surface area contributed by atoms with Crippen molar-refractivity contribution in [3.63, 3.8) is 0 Å². The van der Waals surface area contributed by atoms with Crippen LogP contribution in [0.5, 0.6) is 0 Å². The molecule has 0 atom stereocenters. The molecule has 1 N–H and O–H groups in total. The van der Waals surface area contributed by atoms with Gasteiger partial charge in [0.15, 0.2) is 0 Å². The van der Waals surface area contributed by atoms with Crippen LogP contribution in [0.1, 0.15) is 18.7 Å². The summed E-state index contributed by atoms with van der Waals surface area (Å²) in [6.45, 7) is 4.81. The fourth-order valence-corrected chi connectivity index (χ4v) is 3.05. The molecule has 0 aliphatic heterocycles. The molecule has 20 heavy (non-hydrogen) atoms. The molecule has 0 aliphatic rings. The zero-order valence-corrected chi connectivity index (χ0v) is 12.6. The van der Waals surface area contributed by atoms with Crippen LogP contribution >= 0.6 is 11.3 Å². The predicted molar refractivity (Wildman–Crippen MR) is 82.9 cm³/mol. The fraction of sp³-hybridized carbons (Fsp3) is 0.312. The summed E-state index contributed by atoms with van der Waals surface area (Å²) in [5.41, 5.74) is 1.21. The molecule has 2 aromatic rings. The van der Waals surface area contributed by atoms with Crippen LogP contribution in [0.25, 0.3) is 10.4 Å². The van der Waals surface area contributed by atoms with Crippen molar-refractivity contribution in [1.29, 1.82) is 0 Å². The van der Waals surface area contributed by atoms with Crippen molar-refractivity contribution in [2.75, 3.05) is 6.54 Å². The van der Waals surface area contributed by atoms with E-state index < -0.39 is 5.97 Å². The van der Waals surface area contributed by atoms with Crippen LogP contribution in [0.15, 0.2) is 42.5 Å². The summed E-state index contributed by atoms with van der Waals surface area (Å²) in [5.74, 6) is -0.779. The zero-order chi connectivity index (χ0) is 14.5. The van der Waals surface area contributed by atoms with Crippen LogP contribution in [0.4, 0.5) is 0 Å². The Kier molecular flexibility index (Phi) is 4.93. The number of carbonyl (C=O) groups is 1. The van der Waals surface area contributed by atoms with Gasteiger partial charge in [-0.3, -0.25) is 9.69 Å². The molecule has 0 bridgehead atoms. The first-order valence-electron chi connectivity index (χ1n) is 6.66. The monoisotopic (exact) mass is 289 g/mol. The van der Waals surface area contributed by atoms with Gasteiger partial charge in [-0.25, -0.2) is 0 Å². The van der Waals surface area contributed by atoms with E-state index in [0.29, 0.717) is 6.54 Å². The highest BCUT2D eigenvalue weighted by Crippen LogP contribution is 2.28. The molecular weight excluding hydrogens is 270 g/mol. The van der Waals surface area contributed by atoms with Crippen LogP contribution in [-0.2, 0) is 11.3 Å². The molecule has 0 amide bonds. The number of benzene rings is 1. The Balaban J connectivity index is 2.10. The number of hydrogen-bond donors (Lipinski definition) is 1. The van der Waals surface area contributed by atoms with E-state index in [0.717, 1.165) is 0 Å². The van der Waals surface area contributed by atoms with Gasteiger partial charge in [0.05, 0.1) is 6.54 Å². The molecule has 0 saturated heterocycles. The molecule has 106 valence electrons. The Morgan fingerprint density at radius 3 is 2.50 bits per heavy atom. The minimum absolute atomic E-state index is 0.0796. The first kappa shape index (κ1) is 14.8. The number of rotatable bonds is 6. The maximum atomic E-state index is 10.9. The van der Waals surface area contributed by atoms with Gasteiger partial charge >= 0.3 is 5.97 Å². The highest BCUT2D eigenvalue weighted by atomic mass is 32.1. The quantitative estimate of drug-likeness (QED) is 0.881. The van der Waals surface area contributed by atoms with Crippen molar-refractivity contribution in [3.8, 4) is 10.4 Å². The molecule has 0 fully saturated rings. The highest BCUT2D eigenvalue weighted by molar-refractivity contribution is 7.15. The maximum Gasteiger partial charge on any atom is 0.317 e. The summed E-state index contributed by atoms with van der Waals surface area (Å²) in [6.07, 6.45) is 0. The number of thiophene rings is 1. The lowest BCUT2D eigenvalue weighted by molar-refractivity contribution is -0.138. The summed E-state index contributed by atoms with van der Waals surface area (Å²) < 4.78 is 0. The van der Waals surface area contributed by atoms with Gasteiger partial charge in [0.1, 0.15) is 0 Å². The molecule has 0 spiro atoms. The van der Waals surface area contributed by atoms with Gasteiger partial charge in [-0.15, -0.1) is 11.3 Å². The van der Waals surface area contributed by atoms with E-state index in [1.54, 1.807) is 11.3 Å². The largest absolute Gasteiger partial charge is 0.480 e. The van der Waals surface area contributed by atoms with Gasteiger partial charge < -0.3 is 5.11 Å². The summed E-state index contributed by atoms with van der Waals surface area (Å²) in [5, 5.41) is 8.96. The summed E-state index contributed by atoms with van der Waals surface area (Å²) in [4.78, 5) is 15.3. The predicted octanol–water partition coefficient (Wildman–Crippen LogP) is 3.71. The van der Waals surface area contributed by atoms with Gasteiger partial charge in [0, 0.05) is 22.3 Å². The van der Waals surface area contributed by atoms with Crippen molar-refractivity contribution in [3.05, 3.63) is 47.3 Å². The normalized spacial score (nSPS) is 11.2. The Hall–Kier alpha value is -1.65. The smallest absolute Gasteiger partial charge is 0.317 e. The zero-order valence-electron chi connectivity index (χ0n) is 11.7. The maximum absolute atomic E-state index is 10.9. The number of nitrogens with zero attached hydrogens (tertiary/aromatic N) is 1. The number of hydrogen-bond acceptors (Lipinski definition) is 3. The molecule has 1 aromatic carbocycles. The van der Waals surface area contributed by atoms with Crippen molar-refractivity contribution in [1.82, 2.24) is 4.90 Å². The van der Waals surface area contributed by atoms with Gasteiger partial charge in [-0.05, 0) is 31.5 Å². The van der Waals surface area contributed by atoms with Gasteiger partial charge in [0.25, 0.3) is 0 Å². The summed E-state index contributed by atoms with van der Waals surface area (Å²) >= 11 is 1.72. The lowest BCUT2D eigenvalue weighted by atomic mass is 10.2.